The fraction of sp³-hybridized carbons (Fsp3) is 0.250. The molecule has 0 saturated heterocycles. The summed E-state index contributed by atoms with van der Waals surface area (Å²) in [5.74, 6) is 2.59. The van der Waals surface area contributed by atoms with Gasteiger partial charge in [0.25, 0.3) is 0 Å². The Morgan fingerprint density at radius 1 is 1.15 bits per heavy atom. The van der Waals surface area contributed by atoms with E-state index in [9.17, 15) is 0 Å². The molecular formula is C16H18ClNOS. The Balaban J connectivity index is 1.85. The van der Waals surface area contributed by atoms with Gasteiger partial charge in [-0.1, -0.05) is 41.9 Å². The number of halogens is 1. The number of thioether (sulfide) groups is 1. The molecule has 0 bridgehead atoms. The maximum atomic E-state index is 6.19. The minimum absolute atomic E-state index is 0.0217. The number of hydrogen-bond acceptors (Lipinski definition) is 3. The van der Waals surface area contributed by atoms with Crippen LogP contribution in [0.4, 0.5) is 0 Å². The second kappa shape index (κ2) is 7.58. The van der Waals surface area contributed by atoms with Crippen molar-refractivity contribution in [1.29, 1.82) is 0 Å². The molecule has 0 aromatic heterocycles. The first-order valence-electron chi connectivity index (χ1n) is 6.41. The first kappa shape index (κ1) is 15.2. The lowest BCUT2D eigenvalue weighted by atomic mass is 10.1. The van der Waals surface area contributed by atoms with Gasteiger partial charge in [0.15, 0.2) is 0 Å². The summed E-state index contributed by atoms with van der Waals surface area (Å²) >= 11 is 7.92. The molecule has 1 unspecified atom stereocenters. The van der Waals surface area contributed by atoms with Gasteiger partial charge >= 0.3 is 0 Å². The van der Waals surface area contributed by atoms with Crippen molar-refractivity contribution < 1.29 is 4.74 Å². The second-order valence-electron chi connectivity index (χ2n) is 4.49. The van der Waals surface area contributed by atoms with E-state index in [1.165, 1.54) is 0 Å². The maximum Gasteiger partial charge on any atom is 0.118 e. The highest BCUT2D eigenvalue weighted by Crippen LogP contribution is 2.24. The molecule has 4 heteroatoms. The van der Waals surface area contributed by atoms with Crippen molar-refractivity contribution in [3.05, 3.63) is 64.7 Å². The number of rotatable bonds is 6. The Kier molecular flexibility index (Phi) is 5.77. The van der Waals surface area contributed by atoms with E-state index in [-0.39, 0.29) is 6.04 Å². The summed E-state index contributed by atoms with van der Waals surface area (Å²) in [6.45, 7) is 0. The summed E-state index contributed by atoms with van der Waals surface area (Å²) in [6.07, 6.45) is 0. The summed E-state index contributed by atoms with van der Waals surface area (Å²) < 4.78 is 5.14. The van der Waals surface area contributed by atoms with Gasteiger partial charge < -0.3 is 10.5 Å². The molecule has 2 nitrogen and oxygen atoms in total. The fourth-order valence-electron chi connectivity index (χ4n) is 1.86. The van der Waals surface area contributed by atoms with E-state index in [1.807, 2.05) is 48.5 Å². The molecule has 2 aromatic rings. The van der Waals surface area contributed by atoms with E-state index in [0.29, 0.717) is 0 Å². The van der Waals surface area contributed by atoms with Crippen LogP contribution in [0.1, 0.15) is 17.2 Å². The van der Waals surface area contributed by atoms with Gasteiger partial charge in [0, 0.05) is 22.6 Å². The van der Waals surface area contributed by atoms with Gasteiger partial charge in [-0.3, -0.25) is 0 Å². The van der Waals surface area contributed by atoms with Crippen molar-refractivity contribution in [1.82, 2.24) is 0 Å². The van der Waals surface area contributed by atoms with Gasteiger partial charge in [-0.05, 0) is 29.3 Å². The van der Waals surface area contributed by atoms with Crippen molar-refractivity contribution in [3.63, 3.8) is 0 Å². The van der Waals surface area contributed by atoms with E-state index in [1.54, 1.807) is 18.9 Å². The molecule has 2 rings (SSSR count). The van der Waals surface area contributed by atoms with Gasteiger partial charge in [0.1, 0.15) is 5.75 Å². The van der Waals surface area contributed by atoms with E-state index in [0.717, 1.165) is 33.4 Å². The molecule has 0 heterocycles. The monoisotopic (exact) mass is 307 g/mol. The van der Waals surface area contributed by atoms with E-state index >= 15 is 0 Å². The summed E-state index contributed by atoms with van der Waals surface area (Å²) in [7, 11) is 1.66. The summed E-state index contributed by atoms with van der Waals surface area (Å²) in [4.78, 5) is 0. The Labute approximate surface area is 129 Å². The highest BCUT2D eigenvalue weighted by Gasteiger charge is 2.07. The third-order valence-electron chi connectivity index (χ3n) is 3.06. The largest absolute Gasteiger partial charge is 0.497 e. The number of nitrogens with two attached hydrogens (primary N) is 1. The number of hydrogen-bond donors (Lipinski definition) is 1. The van der Waals surface area contributed by atoms with Gasteiger partial charge in [-0.2, -0.15) is 11.8 Å². The minimum Gasteiger partial charge on any atom is -0.497 e. The normalized spacial score (nSPS) is 12.2. The Hall–Kier alpha value is -1.16. The highest BCUT2D eigenvalue weighted by atomic mass is 35.5. The van der Waals surface area contributed by atoms with Gasteiger partial charge in [0.05, 0.1) is 7.11 Å². The van der Waals surface area contributed by atoms with Crippen molar-refractivity contribution in [2.75, 3.05) is 12.9 Å². The standard InChI is InChI=1S/C16H18ClNOS/c1-19-14-8-6-12(7-9-14)16(18)11-20-10-13-4-2-3-5-15(13)17/h2-9,16H,10-11,18H2,1H3. The van der Waals surface area contributed by atoms with Crippen LogP contribution in [0, 0.1) is 0 Å². The predicted molar refractivity (Wildman–Crippen MR) is 87.5 cm³/mol. The summed E-state index contributed by atoms with van der Waals surface area (Å²) in [5.41, 5.74) is 8.47. The fourth-order valence-corrected chi connectivity index (χ4v) is 3.18. The van der Waals surface area contributed by atoms with Gasteiger partial charge in [-0.15, -0.1) is 0 Å². The van der Waals surface area contributed by atoms with Crippen LogP contribution in [0.25, 0.3) is 0 Å². The lowest BCUT2D eigenvalue weighted by Crippen LogP contribution is -2.13. The van der Waals surface area contributed by atoms with Gasteiger partial charge in [0.2, 0.25) is 0 Å². The first-order valence-corrected chi connectivity index (χ1v) is 7.94. The quantitative estimate of drug-likeness (QED) is 0.865. The molecule has 0 spiro atoms. The Bertz CT molecular complexity index is 544. The van der Waals surface area contributed by atoms with Crippen LogP contribution in [0.5, 0.6) is 5.75 Å². The molecule has 106 valence electrons. The lowest BCUT2D eigenvalue weighted by molar-refractivity contribution is 0.414. The van der Waals surface area contributed by atoms with Crippen LogP contribution in [0.3, 0.4) is 0 Å². The Morgan fingerprint density at radius 2 is 1.85 bits per heavy atom. The zero-order valence-corrected chi connectivity index (χ0v) is 13.0. The smallest absolute Gasteiger partial charge is 0.118 e. The molecule has 0 amide bonds. The molecule has 0 aliphatic rings. The van der Waals surface area contributed by atoms with E-state index in [4.69, 9.17) is 22.1 Å². The SMILES string of the molecule is COc1ccc(C(N)CSCc2ccccc2Cl)cc1. The molecular weight excluding hydrogens is 290 g/mol. The molecule has 20 heavy (non-hydrogen) atoms. The van der Waals surface area contributed by atoms with Crippen LogP contribution in [0.15, 0.2) is 48.5 Å². The third-order valence-corrected chi connectivity index (χ3v) is 4.54. The van der Waals surface area contributed by atoms with E-state index in [2.05, 4.69) is 0 Å². The highest BCUT2D eigenvalue weighted by molar-refractivity contribution is 7.98. The molecule has 0 radical (unpaired) electrons. The number of methoxy groups -OCH3 is 1. The van der Waals surface area contributed by atoms with Gasteiger partial charge in [-0.25, -0.2) is 0 Å². The average Bonchev–Trinajstić information content (AvgIpc) is 2.49. The zero-order chi connectivity index (χ0) is 14.4. The Morgan fingerprint density at radius 3 is 2.50 bits per heavy atom. The minimum atomic E-state index is 0.0217. The van der Waals surface area contributed by atoms with Crippen molar-refractivity contribution >= 4 is 23.4 Å². The molecule has 2 N–H and O–H groups in total. The van der Waals surface area contributed by atoms with E-state index < -0.39 is 0 Å². The van der Waals surface area contributed by atoms with Crippen molar-refractivity contribution in [3.8, 4) is 5.75 Å². The molecule has 1 atom stereocenters. The van der Waals surface area contributed by atoms with Crippen molar-refractivity contribution in [2.45, 2.75) is 11.8 Å². The van der Waals surface area contributed by atoms with Crippen LogP contribution < -0.4 is 10.5 Å². The lowest BCUT2D eigenvalue weighted by Gasteiger charge is -2.12. The predicted octanol–water partition coefficient (Wildman–Crippen LogP) is 4.28. The van der Waals surface area contributed by atoms with Crippen LogP contribution >= 0.6 is 23.4 Å². The summed E-state index contributed by atoms with van der Waals surface area (Å²) in [5, 5.41) is 0.818. The molecule has 0 aliphatic heterocycles. The van der Waals surface area contributed by atoms with Crippen LogP contribution in [-0.2, 0) is 5.75 Å². The second-order valence-corrected chi connectivity index (χ2v) is 5.92. The summed E-state index contributed by atoms with van der Waals surface area (Å²) in [6, 6.07) is 15.8. The zero-order valence-electron chi connectivity index (χ0n) is 11.4. The number of ether oxygens (including phenoxy) is 1. The van der Waals surface area contributed by atoms with Crippen molar-refractivity contribution in [2.24, 2.45) is 5.73 Å². The van der Waals surface area contributed by atoms with Crippen LogP contribution in [-0.4, -0.2) is 12.9 Å². The third kappa shape index (κ3) is 4.17. The average molecular weight is 308 g/mol. The topological polar surface area (TPSA) is 35.2 Å². The molecule has 0 fully saturated rings. The maximum absolute atomic E-state index is 6.19. The first-order chi connectivity index (χ1) is 9.70. The van der Waals surface area contributed by atoms with Crippen LogP contribution in [0.2, 0.25) is 5.02 Å². The number of benzene rings is 2. The molecule has 0 saturated carbocycles. The molecule has 0 aliphatic carbocycles. The molecule has 2 aromatic carbocycles.